The lowest BCUT2D eigenvalue weighted by Crippen LogP contribution is -2.36. The van der Waals surface area contributed by atoms with E-state index < -0.39 is 0 Å². The Bertz CT molecular complexity index is 357. The maximum absolute atomic E-state index is 6.03. The van der Waals surface area contributed by atoms with Crippen LogP contribution in [0.15, 0.2) is 0 Å². The van der Waals surface area contributed by atoms with Crippen LogP contribution in [0.3, 0.4) is 0 Å². The Morgan fingerprint density at radius 2 is 2.12 bits per heavy atom. The van der Waals surface area contributed by atoms with Crippen molar-refractivity contribution in [2.75, 3.05) is 24.8 Å². The first-order valence-electron chi connectivity index (χ1n) is 5.49. The average molecular weight is 226 g/mol. The molecule has 1 aromatic rings. The molecule has 0 spiro atoms. The van der Waals surface area contributed by atoms with Crippen molar-refractivity contribution in [3.05, 3.63) is 5.69 Å². The fourth-order valence-electron chi connectivity index (χ4n) is 1.72. The second kappa shape index (κ2) is 4.74. The van der Waals surface area contributed by atoms with Crippen LogP contribution in [0.25, 0.3) is 0 Å². The summed E-state index contributed by atoms with van der Waals surface area (Å²) in [6.07, 6.45) is 0.839. The topological polar surface area (TPSA) is 65.1 Å². The van der Waals surface area contributed by atoms with Gasteiger partial charge in [0.1, 0.15) is 5.82 Å². The molecule has 0 saturated carbocycles. The van der Waals surface area contributed by atoms with E-state index in [2.05, 4.69) is 24.3 Å². The van der Waals surface area contributed by atoms with Gasteiger partial charge < -0.3 is 15.8 Å². The molecule has 0 unspecified atom stereocenters. The quantitative estimate of drug-likeness (QED) is 0.796. The lowest BCUT2D eigenvalue weighted by atomic mass is 10.1. The van der Waals surface area contributed by atoms with Gasteiger partial charge in [0.15, 0.2) is 0 Å². The molecule has 0 aliphatic heterocycles. The summed E-state index contributed by atoms with van der Waals surface area (Å²) in [5, 5.41) is 7.72. The van der Waals surface area contributed by atoms with E-state index in [4.69, 9.17) is 10.5 Å². The van der Waals surface area contributed by atoms with Crippen LogP contribution in [-0.4, -0.2) is 29.0 Å². The zero-order chi connectivity index (χ0) is 12.3. The van der Waals surface area contributed by atoms with Crippen LogP contribution in [0, 0.1) is 0 Å². The maximum atomic E-state index is 6.03. The number of nitrogens with zero attached hydrogens (tertiary/aromatic N) is 2. The third-order valence-corrected chi connectivity index (χ3v) is 2.46. The van der Waals surface area contributed by atoms with Crippen molar-refractivity contribution >= 4 is 11.5 Å². The summed E-state index contributed by atoms with van der Waals surface area (Å²) in [4.78, 5) is 0. The minimum atomic E-state index is -0.165. The van der Waals surface area contributed by atoms with E-state index in [0.29, 0.717) is 6.61 Å². The smallest absolute Gasteiger partial charge is 0.148 e. The number of hydrogen-bond acceptors (Lipinski definition) is 4. The lowest BCUT2D eigenvalue weighted by molar-refractivity contribution is 0.158. The minimum absolute atomic E-state index is 0.165. The molecule has 0 atom stereocenters. The molecular weight excluding hydrogens is 204 g/mol. The minimum Gasteiger partial charge on any atom is -0.394 e. The van der Waals surface area contributed by atoms with Gasteiger partial charge in [0.05, 0.1) is 23.5 Å². The molecule has 0 aliphatic rings. The third kappa shape index (κ3) is 2.66. The van der Waals surface area contributed by atoms with Gasteiger partial charge in [0.2, 0.25) is 0 Å². The van der Waals surface area contributed by atoms with Gasteiger partial charge in [-0.05, 0) is 20.3 Å². The van der Waals surface area contributed by atoms with Gasteiger partial charge in [-0.2, -0.15) is 5.10 Å². The molecule has 0 bridgehead atoms. The number of aryl methyl sites for hydroxylation is 2. The summed E-state index contributed by atoms with van der Waals surface area (Å²) in [7, 11) is 3.58. The second-order valence-corrected chi connectivity index (χ2v) is 4.63. The number of nitrogens with two attached hydrogens (primary N) is 1. The molecule has 0 fully saturated rings. The monoisotopic (exact) mass is 226 g/mol. The standard InChI is InChI=1S/C11H22N4O/c1-6-8-9(12)10(15(4)14-8)13-11(2,3)7-16-5/h13H,6-7,12H2,1-5H3. The molecule has 16 heavy (non-hydrogen) atoms. The van der Waals surface area contributed by atoms with E-state index in [1.165, 1.54) is 0 Å². The van der Waals surface area contributed by atoms with Gasteiger partial charge in [0, 0.05) is 14.2 Å². The fourth-order valence-corrected chi connectivity index (χ4v) is 1.72. The van der Waals surface area contributed by atoms with Crippen LogP contribution in [0.4, 0.5) is 11.5 Å². The van der Waals surface area contributed by atoms with Crippen LogP contribution in [0.2, 0.25) is 0 Å². The molecule has 0 radical (unpaired) electrons. The molecule has 0 aromatic carbocycles. The Labute approximate surface area is 97.0 Å². The molecule has 5 nitrogen and oxygen atoms in total. The number of nitrogen functional groups attached to an aromatic ring is 1. The highest BCUT2D eigenvalue weighted by Crippen LogP contribution is 2.25. The van der Waals surface area contributed by atoms with Crippen molar-refractivity contribution < 1.29 is 4.74 Å². The van der Waals surface area contributed by atoms with Crippen LogP contribution in [-0.2, 0) is 18.2 Å². The lowest BCUT2D eigenvalue weighted by Gasteiger charge is -2.26. The van der Waals surface area contributed by atoms with Crippen LogP contribution >= 0.6 is 0 Å². The summed E-state index contributed by atoms with van der Waals surface area (Å²) in [6.45, 7) is 6.78. The molecule has 3 N–H and O–H groups in total. The number of methoxy groups -OCH3 is 1. The van der Waals surface area contributed by atoms with Crippen molar-refractivity contribution in [2.24, 2.45) is 7.05 Å². The van der Waals surface area contributed by atoms with Crippen molar-refractivity contribution in [3.8, 4) is 0 Å². The zero-order valence-corrected chi connectivity index (χ0v) is 10.8. The first kappa shape index (κ1) is 12.8. The number of nitrogens with one attached hydrogen (secondary N) is 1. The maximum Gasteiger partial charge on any atom is 0.148 e. The summed E-state index contributed by atoms with van der Waals surface area (Å²) < 4.78 is 6.94. The molecule has 0 aliphatic carbocycles. The summed E-state index contributed by atoms with van der Waals surface area (Å²) in [6, 6.07) is 0. The van der Waals surface area contributed by atoms with Crippen molar-refractivity contribution in [1.82, 2.24) is 9.78 Å². The second-order valence-electron chi connectivity index (χ2n) is 4.63. The predicted molar refractivity (Wildman–Crippen MR) is 66.6 cm³/mol. The number of rotatable bonds is 5. The molecule has 92 valence electrons. The average Bonchev–Trinajstić information content (AvgIpc) is 2.45. The van der Waals surface area contributed by atoms with E-state index in [-0.39, 0.29) is 5.54 Å². The fraction of sp³-hybridized carbons (Fsp3) is 0.727. The summed E-state index contributed by atoms with van der Waals surface area (Å²) in [5.74, 6) is 0.860. The Hall–Kier alpha value is -1.23. The molecule has 0 amide bonds. The van der Waals surface area contributed by atoms with Crippen molar-refractivity contribution in [2.45, 2.75) is 32.7 Å². The number of aromatic nitrogens is 2. The van der Waals surface area contributed by atoms with E-state index >= 15 is 0 Å². The van der Waals surface area contributed by atoms with Crippen LogP contribution < -0.4 is 11.1 Å². The predicted octanol–water partition coefficient (Wildman–Crippen LogP) is 1.40. The highest BCUT2D eigenvalue weighted by atomic mass is 16.5. The Morgan fingerprint density at radius 3 is 2.56 bits per heavy atom. The van der Waals surface area contributed by atoms with E-state index in [1.807, 2.05) is 14.0 Å². The van der Waals surface area contributed by atoms with Gasteiger partial charge in [-0.15, -0.1) is 0 Å². The normalized spacial score (nSPS) is 11.8. The summed E-state index contributed by atoms with van der Waals surface area (Å²) >= 11 is 0. The molecule has 1 heterocycles. The van der Waals surface area contributed by atoms with E-state index in [9.17, 15) is 0 Å². The molecule has 1 aromatic heterocycles. The van der Waals surface area contributed by atoms with Gasteiger partial charge in [0.25, 0.3) is 0 Å². The number of anilines is 2. The molecular formula is C11H22N4O. The van der Waals surface area contributed by atoms with Crippen LogP contribution in [0.1, 0.15) is 26.5 Å². The van der Waals surface area contributed by atoms with Gasteiger partial charge in [-0.3, -0.25) is 4.68 Å². The highest BCUT2D eigenvalue weighted by Gasteiger charge is 2.21. The third-order valence-electron chi connectivity index (χ3n) is 2.46. The Morgan fingerprint density at radius 1 is 1.50 bits per heavy atom. The molecule has 1 rings (SSSR count). The van der Waals surface area contributed by atoms with E-state index in [0.717, 1.165) is 23.6 Å². The number of hydrogen-bond donors (Lipinski definition) is 2. The van der Waals surface area contributed by atoms with Crippen molar-refractivity contribution in [1.29, 1.82) is 0 Å². The van der Waals surface area contributed by atoms with Crippen molar-refractivity contribution in [3.63, 3.8) is 0 Å². The Kier molecular flexibility index (Phi) is 3.80. The van der Waals surface area contributed by atoms with Gasteiger partial charge in [-0.25, -0.2) is 0 Å². The highest BCUT2D eigenvalue weighted by molar-refractivity contribution is 5.65. The van der Waals surface area contributed by atoms with E-state index in [1.54, 1.807) is 11.8 Å². The Balaban J connectivity index is 2.92. The van der Waals surface area contributed by atoms with Gasteiger partial charge in [-0.1, -0.05) is 6.92 Å². The SMILES string of the molecule is CCc1nn(C)c(NC(C)(C)COC)c1N. The summed E-state index contributed by atoms with van der Waals surface area (Å²) in [5.41, 5.74) is 7.53. The molecule has 0 saturated heterocycles. The number of ether oxygens (including phenoxy) is 1. The largest absolute Gasteiger partial charge is 0.394 e. The zero-order valence-electron chi connectivity index (χ0n) is 10.8. The van der Waals surface area contributed by atoms with Gasteiger partial charge >= 0.3 is 0 Å². The molecule has 5 heteroatoms. The van der Waals surface area contributed by atoms with Crippen LogP contribution in [0.5, 0.6) is 0 Å². The first-order valence-corrected chi connectivity index (χ1v) is 5.49. The first-order chi connectivity index (χ1) is 7.41.